The van der Waals surface area contributed by atoms with Crippen molar-refractivity contribution < 1.29 is 17.9 Å². The summed E-state index contributed by atoms with van der Waals surface area (Å²) in [4.78, 5) is 17.1. The van der Waals surface area contributed by atoms with Crippen LogP contribution < -0.4 is 4.74 Å². The Morgan fingerprint density at radius 3 is 2.45 bits per heavy atom. The maximum atomic E-state index is 13.0. The Hall–Kier alpha value is -2.42. The molecule has 1 fully saturated rings. The largest absolute Gasteiger partial charge is 0.492 e. The zero-order valence-corrected chi connectivity index (χ0v) is 18.9. The van der Waals surface area contributed by atoms with E-state index in [9.17, 15) is 13.2 Å². The van der Waals surface area contributed by atoms with E-state index in [1.54, 1.807) is 17.0 Å². The predicted molar refractivity (Wildman–Crippen MR) is 118 cm³/mol. The minimum atomic E-state index is -3.55. The van der Waals surface area contributed by atoms with Gasteiger partial charge in [-0.25, -0.2) is 8.42 Å². The number of aryl methyl sites for hydroxylation is 2. The second kappa shape index (κ2) is 8.98. The molecule has 2 aromatic rings. The number of hydrogen-bond acceptors (Lipinski definition) is 5. The summed E-state index contributed by atoms with van der Waals surface area (Å²) in [7, 11) is -3.55. The second-order valence-electron chi connectivity index (χ2n) is 8.20. The molecule has 0 aliphatic carbocycles. The van der Waals surface area contributed by atoms with Gasteiger partial charge in [-0.05, 0) is 43.2 Å². The van der Waals surface area contributed by atoms with Gasteiger partial charge in [-0.15, -0.1) is 0 Å². The number of para-hydroxylation sites is 1. The molecule has 166 valence electrons. The molecule has 7 nitrogen and oxygen atoms in total. The lowest BCUT2D eigenvalue weighted by Gasteiger charge is -2.35. The SMILES string of the molecule is Cc1ccc(S(=O)(=O)N2CCN(C(=O)CN3CCOc4ccccc4C3)CC2)cc1C. The Balaban J connectivity index is 1.35. The van der Waals surface area contributed by atoms with Crippen LogP contribution in [0, 0.1) is 13.8 Å². The van der Waals surface area contributed by atoms with Gasteiger partial charge in [0.1, 0.15) is 12.4 Å². The quantitative estimate of drug-likeness (QED) is 0.723. The number of ether oxygens (including phenoxy) is 1. The van der Waals surface area contributed by atoms with Crippen LogP contribution in [0.25, 0.3) is 0 Å². The first-order chi connectivity index (χ1) is 14.8. The summed E-state index contributed by atoms with van der Waals surface area (Å²) in [5.41, 5.74) is 3.10. The maximum absolute atomic E-state index is 13.0. The average Bonchev–Trinajstić information content (AvgIpc) is 2.97. The normalized spacial score (nSPS) is 18.2. The van der Waals surface area contributed by atoms with E-state index in [0.717, 1.165) is 22.4 Å². The summed E-state index contributed by atoms with van der Waals surface area (Å²) in [6.45, 7) is 7.52. The van der Waals surface area contributed by atoms with Crippen molar-refractivity contribution in [2.45, 2.75) is 25.3 Å². The third-order valence-corrected chi connectivity index (χ3v) is 7.99. The van der Waals surface area contributed by atoms with Crippen LogP contribution in [0.3, 0.4) is 0 Å². The number of rotatable bonds is 4. The van der Waals surface area contributed by atoms with Gasteiger partial charge in [0.2, 0.25) is 15.9 Å². The van der Waals surface area contributed by atoms with E-state index < -0.39 is 10.0 Å². The van der Waals surface area contributed by atoms with Crippen LogP contribution in [0.4, 0.5) is 0 Å². The number of benzene rings is 2. The Bertz CT molecular complexity index is 1060. The summed E-state index contributed by atoms with van der Waals surface area (Å²) >= 11 is 0. The Morgan fingerprint density at radius 2 is 1.71 bits per heavy atom. The van der Waals surface area contributed by atoms with E-state index >= 15 is 0 Å². The summed E-state index contributed by atoms with van der Waals surface area (Å²) in [5.74, 6) is 0.908. The molecule has 0 atom stereocenters. The van der Waals surface area contributed by atoms with E-state index in [0.29, 0.717) is 57.3 Å². The van der Waals surface area contributed by atoms with Crippen LogP contribution in [-0.4, -0.2) is 74.3 Å². The predicted octanol–water partition coefficient (Wildman–Crippen LogP) is 2.03. The van der Waals surface area contributed by atoms with Crippen molar-refractivity contribution in [1.82, 2.24) is 14.1 Å². The molecular weight excluding hydrogens is 414 g/mol. The number of piperazine rings is 1. The summed E-state index contributed by atoms with van der Waals surface area (Å²) in [6.07, 6.45) is 0. The Kier molecular flexibility index (Phi) is 6.31. The highest BCUT2D eigenvalue weighted by molar-refractivity contribution is 7.89. The van der Waals surface area contributed by atoms with Gasteiger partial charge in [0.05, 0.1) is 11.4 Å². The van der Waals surface area contributed by atoms with Crippen LogP contribution in [0.5, 0.6) is 5.75 Å². The van der Waals surface area contributed by atoms with Crippen molar-refractivity contribution in [2.24, 2.45) is 0 Å². The van der Waals surface area contributed by atoms with Crippen LogP contribution >= 0.6 is 0 Å². The fourth-order valence-electron chi connectivity index (χ4n) is 4.01. The number of fused-ring (bicyclic) bond motifs is 1. The van der Waals surface area contributed by atoms with Gasteiger partial charge in [0.25, 0.3) is 0 Å². The lowest BCUT2D eigenvalue weighted by molar-refractivity contribution is -0.133. The van der Waals surface area contributed by atoms with E-state index in [1.165, 1.54) is 4.31 Å². The van der Waals surface area contributed by atoms with E-state index in [-0.39, 0.29) is 5.91 Å². The molecule has 0 aromatic heterocycles. The molecule has 0 spiro atoms. The fourth-order valence-corrected chi connectivity index (χ4v) is 5.52. The lowest BCUT2D eigenvalue weighted by Crippen LogP contribution is -2.52. The molecule has 2 aromatic carbocycles. The number of hydrogen-bond donors (Lipinski definition) is 0. The average molecular weight is 444 g/mol. The summed E-state index contributed by atoms with van der Waals surface area (Å²) in [5, 5.41) is 0. The molecule has 2 heterocycles. The Labute approximate surface area is 184 Å². The number of amides is 1. The van der Waals surface area contributed by atoms with Crippen LogP contribution in [0.15, 0.2) is 47.4 Å². The van der Waals surface area contributed by atoms with Crippen molar-refractivity contribution in [2.75, 3.05) is 45.9 Å². The van der Waals surface area contributed by atoms with Crippen LogP contribution in [0.2, 0.25) is 0 Å². The first-order valence-electron chi connectivity index (χ1n) is 10.6. The zero-order valence-electron chi connectivity index (χ0n) is 18.1. The lowest BCUT2D eigenvalue weighted by atomic mass is 10.1. The molecule has 8 heteroatoms. The van der Waals surface area contributed by atoms with Crippen molar-refractivity contribution in [3.05, 3.63) is 59.2 Å². The molecule has 1 saturated heterocycles. The van der Waals surface area contributed by atoms with E-state index in [1.807, 2.05) is 44.2 Å². The summed E-state index contributed by atoms with van der Waals surface area (Å²) < 4.78 is 33.3. The molecule has 0 saturated carbocycles. The summed E-state index contributed by atoms with van der Waals surface area (Å²) in [6, 6.07) is 13.1. The highest BCUT2D eigenvalue weighted by Crippen LogP contribution is 2.23. The molecule has 31 heavy (non-hydrogen) atoms. The molecular formula is C23H29N3O4S. The third-order valence-electron chi connectivity index (χ3n) is 6.10. The van der Waals surface area contributed by atoms with Crippen LogP contribution in [0.1, 0.15) is 16.7 Å². The van der Waals surface area contributed by atoms with Gasteiger partial charge >= 0.3 is 0 Å². The molecule has 2 aliphatic heterocycles. The van der Waals surface area contributed by atoms with Crippen molar-refractivity contribution in [3.63, 3.8) is 0 Å². The van der Waals surface area contributed by atoms with E-state index in [4.69, 9.17) is 4.74 Å². The van der Waals surface area contributed by atoms with E-state index in [2.05, 4.69) is 4.90 Å². The highest BCUT2D eigenvalue weighted by atomic mass is 32.2. The molecule has 0 unspecified atom stereocenters. The van der Waals surface area contributed by atoms with Crippen molar-refractivity contribution >= 4 is 15.9 Å². The van der Waals surface area contributed by atoms with Crippen molar-refractivity contribution in [3.8, 4) is 5.75 Å². The number of sulfonamides is 1. The van der Waals surface area contributed by atoms with Gasteiger partial charge in [-0.2, -0.15) is 4.31 Å². The molecule has 4 rings (SSSR count). The fraction of sp³-hybridized carbons (Fsp3) is 0.435. The minimum absolute atomic E-state index is 0.0302. The maximum Gasteiger partial charge on any atom is 0.243 e. The third kappa shape index (κ3) is 4.76. The van der Waals surface area contributed by atoms with Gasteiger partial charge in [0.15, 0.2) is 0 Å². The Morgan fingerprint density at radius 1 is 0.968 bits per heavy atom. The molecule has 0 radical (unpaired) electrons. The second-order valence-corrected chi connectivity index (χ2v) is 10.1. The van der Waals surface area contributed by atoms with Gasteiger partial charge in [0, 0.05) is 44.8 Å². The monoisotopic (exact) mass is 443 g/mol. The van der Waals surface area contributed by atoms with Crippen LogP contribution in [-0.2, 0) is 21.4 Å². The van der Waals surface area contributed by atoms with Gasteiger partial charge in [-0.1, -0.05) is 24.3 Å². The first-order valence-corrected chi connectivity index (χ1v) is 12.1. The number of carbonyl (C=O) groups is 1. The highest BCUT2D eigenvalue weighted by Gasteiger charge is 2.31. The van der Waals surface area contributed by atoms with Gasteiger partial charge < -0.3 is 9.64 Å². The molecule has 1 amide bonds. The standard InChI is InChI=1S/C23H29N3O4S/c1-18-7-8-21(15-19(18)2)31(28,29)26-11-9-25(10-12-26)23(27)17-24-13-14-30-22-6-4-3-5-20(22)16-24/h3-8,15H,9-14,16-17H2,1-2H3. The van der Waals surface area contributed by atoms with Gasteiger partial charge in [-0.3, -0.25) is 9.69 Å². The zero-order chi connectivity index (χ0) is 22.0. The molecule has 0 bridgehead atoms. The number of carbonyl (C=O) groups excluding carboxylic acids is 1. The van der Waals surface area contributed by atoms with Crippen molar-refractivity contribution in [1.29, 1.82) is 0 Å². The number of nitrogens with zero attached hydrogens (tertiary/aromatic N) is 3. The molecule has 2 aliphatic rings. The minimum Gasteiger partial charge on any atom is -0.492 e. The smallest absolute Gasteiger partial charge is 0.243 e. The topological polar surface area (TPSA) is 70.2 Å². The first kappa shape index (κ1) is 21.8. The molecule has 0 N–H and O–H groups in total.